The van der Waals surface area contributed by atoms with Crippen LogP contribution in [-0.4, -0.2) is 76.2 Å². The number of H-pyrrole nitrogens is 1. The van der Waals surface area contributed by atoms with Crippen molar-refractivity contribution in [3.05, 3.63) is 73.7 Å². The van der Waals surface area contributed by atoms with Gasteiger partial charge in [0.25, 0.3) is 0 Å². The van der Waals surface area contributed by atoms with Crippen molar-refractivity contribution < 1.29 is 14.4 Å². The molecule has 0 radical (unpaired) electrons. The number of Topliss-reactive ketones (excluding diaryl/α,β-unsaturated/α-hetero) is 1. The second kappa shape index (κ2) is 13.6. The largest absolute Gasteiger partial charge is 0.397 e. The van der Waals surface area contributed by atoms with E-state index in [0.717, 1.165) is 24.3 Å². The van der Waals surface area contributed by atoms with Crippen LogP contribution in [-0.2, 0) is 9.59 Å². The molecule has 43 heavy (non-hydrogen) atoms. The molecule has 4 N–H and O–H groups in total. The second-order valence-electron chi connectivity index (χ2n) is 11.4. The number of likely N-dealkylation sites (tertiary alicyclic amines) is 2. The van der Waals surface area contributed by atoms with Gasteiger partial charge in [-0.25, -0.2) is 4.79 Å². The highest BCUT2D eigenvalue weighted by atomic mass is 79.9. The van der Waals surface area contributed by atoms with Gasteiger partial charge >= 0.3 is 5.69 Å². The molecular formula is C31H36Br2N6O4. The first-order valence-corrected chi connectivity index (χ1v) is 16.1. The van der Waals surface area contributed by atoms with Gasteiger partial charge < -0.3 is 25.8 Å². The van der Waals surface area contributed by atoms with Crippen molar-refractivity contribution >= 4 is 55.1 Å². The van der Waals surface area contributed by atoms with Crippen molar-refractivity contribution in [2.24, 2.45) is 5.92 Å². The standard InChI is InChI=1S/C31H36Br2N6O4/c1-37-11-7-20(8-12-37)29(41)35-25(17-27(40)21-15-23(32)28(34)24(33)16-21)30(42)38-13-9-22(10-14-38)39-18-26(36-31(39)43)19-5-3-2-4-6-19/h2-6,15-16,18,20,22,25H,7-14,17,34H2,1H3,(H,35,41)(H,36,43). The zero-order valence-corrected chi connectivity index (χ0v) is 27.2. The van der Waals surface area contributed by atoms with Crippen molar-refractivity contribution in [3.63, 3.8) is 0 Å². The molecule has 0 spiro atoms. The molecule has 2 saturated heterocycles. The third kappa shape index (κ3) is 7.30. The SMILES string of the molecule is CN1CCC(C(=O)NC(CC(=O)c2cc(Br)c(N)c(Br)c2)C(=O)N2CCC(n3cc(-c4ccccc4)[nH]c3=O)CC2)CC1. The second-order valence-corrected chi connectivity index (χ2v) is 13.1. The van der Waals surface area contributed by atoms with Crippen LogP contribution in [0.2, 0.25) is 0 Å². The molecular weight excluding hydrogens is 680 g/mol. The van der Waals surface area contributed by atoms with Crippen LogP contribution >= 0.6 is 31.9 Å². The number of amides is 2. The molecule has 3 aromatic rings. The maximum Gasteiger partial charge on any atom is 0.326 e. The monoisotopic (exact) mass is 714 g/mol. The molecule has 0 saturated carbocycles. The van der Waals surface area contributed by atoms with Crippen molar-refractivity contribution in [2.75, 3.05) is 39.0 Å². The number of nitrogens with two attached hydrogens (primary N) is 1. The fraction of sp³-hybridized carbons (Fsp3) is 0.419. The lowest BCUT2D eigenvalue weighted by Gasteiger charge is -2.35. The van der Waals surface area contributed by atoms with Crippen molar-refractivity contribution in [3.8, 4) is 11.3 Å². The molecule has 0 bridgehead atoms. The summed E-state index contributed by atoms with van der Waals surface area (Å²) in [6.07, 6.45) is 4.25. The molecule has 1 unspecified atom stereocenters. The van der Waals surface area contributed by atoms with E-state index in [1.54, 1.807) is 21.6 Å². The van der Waals surface area contributed by atoms with E-state index in [1.807, 2.05) is 43.6 Å². The molecule has 5 rings (SSSR count). The quantitative estimate of drug-likeness (QED) is 0.237. The number of benzene rings is 2. The lowest BCUT2D eigenvalue weighted by atomic mass is 9.94. The Kier molecular flexibility index (Phi) is 9.88. The Bertz CT molecular complexity index is 1520. The van der Waals surface area contributed by atoms with E-state index in [9.17, 15) is 19.2 Å². The van der Waals surface area contributed by atoms with Crippen LogP contribution in [0.25, 0.3) is 11.3 Å². The molecule has 12 heteroatoms. The van der Waals surface area contributed by atoms with Crippen LogP contribution in [0.4, 0.5) is 5.69 Å². The third-order valence-corrected chi connectivity index (χ3v) is 9.81. The van der Waals surface area contributed by atoms with E-state index in [0.29, 0.717) is 59.0 Å². The van der Waals surface area contributed by atoms with E-state index < -0.39 is 6.04 Å². The number of rotatable bonds is 8. The summed E-state index contributed by atoms with van der Waals surface area (Å²) < 4.78 is 2.85. The van der Waals surface area contributed by atoms with Gasteiger partial charge in [-0.05, 0) is 95.4 Å². The first-order chi connectivity index (χ1) is 20.6. The van der Waals surface area contributed by atoms with Crippen LogP contribution in [0, 0.1) is 5.92 Å². The van der Waals surface area contributed by atoms with Gasteiger partial charge in [-0.3, -0.25) is 19.0 Å². The highest BCUT2D eigenvalue weighted by Crippen LogP contribution is 2.31. The summed E-state index contributed by atoms with van der Waals surface area (Å²) in [6, 6.07) is 11.9. The van der Waals surface area contributed by atoms with E-state index in [2.05, 4.69) is 47.1 Å². The number of anilines is 1. The number of nitrogens with zero attached hydrogens (tertiary/aromatic N) is 3. The first kappa shape index (κ1) is 31.2. The van der Waals surface area contributed by atoms with E-state index in [4.69, 9.17) is 5.73 Å². The van der Waals surface area contributed by atoms with Crippen molar-refractivity contribution in [1.82, 2.24) is 24.7 Å². The van der Waals surface area contributed by atoms with Gasteiger partial charge in [0.2, 0.25) is 11.8 Å². The molecule has 228 valence electrons. The maximum absolute atomic E-state index is 13.9. The molecule has 2 aromatic carbocycles. The number of halogens is 2. The number of aromatic amines is 1. The number of nitrogen functional groups attached to an aromatic ring is 1. The smallest absolute Gasteiger partial charge is 0.326 e. The summed E-state index contributed by atoms with van der Waals surface area (Å²) in [5, 5.41) is 2.94. The van der Waals surface area contributed by atoms with Gasteiger partial charge in [-0.1, -0.05) is 30.3 Å². The van der Waals surface area contributed by atoms with Crippen LogP contribution < -0.4 is 16.7 Å². The van der Waals surface area contributed by atoms with Crippen molar-refractivity contribution in [1.29, 1.82) is 0 Å². The van der Waals surface area contributed by atoms with Crippen LogP contribution in [0.5, 0.6) is 0 Å². The summed E-state index contributed by atoms with van der Waals surface area (Å²) >= 11 is 6.76. The average molecular weight is 716 g/mol. The Labute approximate surface area is 267 Å². The van der Waals surface area contributed by atoms with Gasteiger partial charge in [-0.15, -0.1) is 0 Å². The van der Waals surface area contributed by atoms with Crippen LogP contribution in [0.15, 0.2) is 62.4 Å². The maximum atomic E-state index is 13.9. The van der Waals surface area contributed by atoms with Gasteiger partial charge in [0.05, 0.1) is 11.4 Å². The predicted octanol–water partition coefficient (Wildman–Crippen LogP) is 4.21. The highest BCUT2D eigenvalue weighted by molar-refractivity contribution is 9.11. The van der Waals surface area contributed by atoms with E-state index >= 15 is 0 Å². The summed E-state index contributed by atoms with van der Waals surface area (Å²) in [5.74, 6) is -0.953. The van der Waals surface area contributed by atoms with Gasteiger partial charge in [0.15, 0.2) is 5.78 Å². The topological polar surface area (TPSA) is 134 Å². The fourth-order valence-electron chi connectivity index (χ4n) is 5.84. The minimum atomic E-state index is -0.994. The number of aromatic nitrogens is 2. The molecule has 0 aliphatic carbocycles. The molecule has 3 heterocycles. The molecule has 2 amide bonds. The summed E-state index contributed by atoms with van der Waals surface area (Å²) in [5.41, 5.74) is 8.36. The number of carbonyl (C=O) groups is 3. The van der Waals surface area contributed by atoms with Gasteiger partial charge in [0, 0.05) is 52.2 Å². The predicted molar refractivity (Wildman–Crippen MR) is 173 cm³/mol. The zero-order chi connectivity index (χ0) is 30.7. The Hall–Kier alpha value is -3.22. The Morgan fingerprint density at radius 3 is 2.26 bits per heavy atom. The molecule has 2 fully saturated rings. The number of hydrogen-bond donors (Lipinski definition) is 3. The summed E-state index contributed by atoms with van der Waals surface area (Å²) in [7, 11) is 2.02. The number of piperidine rings is 2. The van der Waals surface area contributed by atoms with Gasteiger partial charge in [-0.2, -0.15) is 0 Å². The lowest BCUT2D eigenvalue weighted by molar-refractivity contribution is -0.138. The zero-order valence-electron chi connectivity index (χ0n) is 24.0. The molecule has 1 aromatic heterocycles. The Morgan fingerprint density at radius 1 is 1.00 bits per heavy atom. The molecule has 1 atom stereocenters. The number of imidazole rings is 1. The minimum absolute atomic E-state index is 0.0661. The fourth-order valence-corrected chi connectivity index (χ4v) is 7.03. The highest BCUT2D eigenvalue weighted by Gasteiger charge is 2.34. The van der Waals surface area contributed by atoms with Crippen LogP contribution in [0.1, 0.15) is 48.5 Å². The molecule has 2 aliphatic rings. The number of ketones is 1. The Balaban J connectivity index is 1.29. The van der Waals surface area contributed by atoms with Crippen LogP contribution in [0.3, 0.4) is 0 Å². The molecule has 10 nitrogen and oxygen atoms in total. The average Bonchev–Trinajstić information content (AvgIpc) is 3.41. The number of nitrogens with one attached hydrogen (secondary N) is 2. The first-order valence-electron chi connectivity index (χ1n) is 14.5. The van der Waals surface area contributed by atoms with Crippen molar-refractivity contribution in [2.45, 2.75) is 44.2 Å². The lowest BCUT2D eigenvalue weighted by Crippen LogP contribution is -2.53. The Morgan fingerprint density at radius 2 is 1.63 bits per heavy atom. The molecule has 2 aliphatic heterocycles. The summed E-state index contributed by atoms with van der Waals surface area (Å²) in [4.78, 5) is 60.1. The van der Waals surface area contributed by atoms with E-state index in [-0.39, 0.29) is 41.7 Å². The third-order valence-electron chi connectivity index (χ3n) is 8.49. The minimum Gasteiger partial charge on any atom is -0.397 e. The van der Waals surface area contributed by atoms with Gasteiger partial charge in [0.1, 0.15) is 6.04 Å². The van der Waals surface area contributed by atoms with E-state index in [1.165, 1.54) is 0 Å². The number of carbonyl (C=O) groups excluding carboxylic acids is 3. The summed E-state index contributed by atoms with van der Waals surface area (Å²) in [6.45, 7) is 2.44. The normalized spacial score (nSPS) is 17.5. The number of hydrogen-bond acceptors (Lipinski definition) is 6.